The summed E-state index contributed by atoms with van der Waals surface area (Å²) in [5, 5.41) is 4.76. The lowest BCUT2D eigenvalue weighted by molar-refractivity contribution is 0.577. The highest BCUT2D eigenvalue weighted by Crippen LogP contribution is 2.41. The lowest BCUT2D eigenvalue weighted by Gasteiger charge is -2.26. The Bertz CT molecular complexity index is 3500. The maximum absolute atomic E-state index is 6.18. The van der Waals surface area contributed by atoms with E-state index < -0.39 is 0 Å². The molecule has 0 spiro atoms. The predicted octanol–water partition coefficient (Wildman–Crippen LogP) is 20.6. The summed E-state index contributed by atoms with van der Waals surface area (Å²) in [6.45, 7) is 25.2. The molecular formula is C70H70N2O. The van der Waals surface area contributed by atoms with Gasteiger partial charge in [-0.25, -0.2) is 0 Å². The van der Waals surface area contributed by atoms with E-state index in [4.69, 9.17) is 4.42 Å². The van der Waals surface area contributed by atoms with Gasteiger partial charge in [-0.15, -0.1) is 0 Å². The molecule has 0 amide bonds. The number of hydrogen-bond acceptors (Lipinski definition) is 2. The fourth-order valence-electron chi connectivity index (χ4n) is 9.49. The number of fused-ring (bicyclic) bond motifs is 3. The van der Waals surface area contributed by atoms with Crippen LogP contribution >= 0.6 is 0 Å². The zero-order valence-corrected chi connectivity index (χ0v) is 44.1. The number of benzene rings is 8. The zero-order valence-electron chi connectivity index (χ0n) is 44.1. The predicted molar refractivity (Wildman–Crippen MR) is 320 cm³/mol. The highest BCUT2D eigenvalue weighted by atomic mass is 16.3. The van der Waals surface area contributed by atoms with Crippen molar-refractivity contribution in [1.29, 1.82) is 0 Å². The zero-order chi connectivity index (χ0) is 51.4. The van der Waals surface area contributed by atoms with Crippen molar-refractivity contribution in [3.8, 4) is 27.9 Å². The number of rotatable bonds is 13. The normalized spacial score (nSPS) is 11.4. The Labute approximate surface area is 434 Å². The molecule has 3 heteroatoms. The molecule has 10 aromatic rings. The summed E-state index contributed by atoms with van der Waals surface area (Å²) in [7, 11) is 0. The SMILES string of the molecule is C=C/C=C\c1c(C)oc2ccc(-c3ccc4cc(N(c5ccccc5)c5ccc(-c6ccc7c(c6)c(/C=C\C)c(C=C)n7-c6ccccc6)cc5)ccc4c3CCc3ccccc3)cc12.CC(C)C.CC(C)C. The summed E-state index contributed by atoms with van der Waals surface area (Å²) < 4.78 is 8.49. The minimum absolute atomic E-state index is 0.833. The Kier molecular flexibility index (Phi) is 16.7. The van der Waals surface area contributed by atoms with Crippen LogP contribution in [0.25, 0.3) is 78.8 Å². The highest BCUT2D eigenvalue weighted by Gasteiger charge is 2.19. The molecule has 0 aliphatic rings. The first-order valence-electron chi connectivity index (χ1n) is 25.9. The Morgan fingerprint density at radius 1 is 0.548 bits per heavy atom. The van der Waals surface area contributed by atoms with Crippen molar-refractivity contribution in [2.45, 2.75) is 68.2 Å². The second kappa shape index (κ2) is 23.8. The van der Waals surface area contributed by atoms with Crippen molar-refractivity contribution in [3.05, 3.63) is 247 Å². The molecule has 10 rings (SSSR count). The molecule has 0 fully saturated rings. The lowest BCUT2D eigenvalue weighted by Crippen LogP contribution is -2.09. The summed E-state index contributed by atoms with van der Waals surface area (Å²) in [5.41, 5.74) is 17.2. The van der Waals surface area contributed by atoms with Crippen LogP contribution in [0.3, 0.4) is 0 Å². The molecule has 0 aliphatic heterocycles. The van der Waals surface area contributed by atoms with Crippen LogP contribution in [0.1, 0.15) is 82.2 Å². The van der Waals surface area contributed by atoms with Crippen molar-refractivity contribution >= 4 is 67.9 Å². The summed E-state index contributed by atoms with van der Waals surface area (Å²) >= 11 is 0. The lowest BCUT2D eigenvalue weighted by atomic mass is 9.89. The number of hydrogen-bond donors (Lipinski definition) is 0. The standard InChI is InChI=1S/C62H50N2O.2C4H10/c1-5-8-25-53-43(4)65-62-39-31-48(42-59(53)62)54-36-29-47-40-52(34-37-55(47)56(54)35-26-44-19-12-9-13-20-44)63(49-21-14-10-15-22-49)51-32-27-45(28-33-51)46-30-38-61-58(41-46)57(18-6-2)60(7-3)64(61)50-23-16-11-17-24-50;2*1-4(2)3/h5-25,27-34,36-42H,1,3,26,35H2,2,4H3;2*4H,1-3H3/b18-6-,25-8-;;. The van der Waals surface area contributed by atoms with Gasteiger partial charge in [0.2, 0.25) is 0 Å². The average Bonchev–Trinajstić information content (AvgIpc) is 3.89. The van der Waals surface area contributed by atoms with Crippen molar-refractivity contribution in [2.75, 3.05) is 4.90 Å². The second-order valence-electron chi connectivity index (χ2n) is 19.9. The third-order valence-electron chi connectivity index (χ3n) is 12.6. The molecule has 0 aliphatic carbocycles. The molecule has 0 radical (unpaired) electrons. The molecule has 0 N–H and O–H groups in total. The molecule has 3 nitrogen and oxygen atoms in total. The number of aryl methyl sites for hydroxylation is 3. The Morgan fingerprint density at radius 3 is 1.81 bits per heavy atom. The first kappa shape index (κ1) is 51.2. The van der Waals surface area contributed by atoms with Gasteiger partial charge < -0.3 is 13.9 Å². The Morgan fingerprint density at radius 2 is 1.15 bits per heavy atom. The maximum atomic E-state index is 6.18. The topological polar surface area (TPSA) is 21.3 Å². The molecule has 0 bridgehead atoms. The van der Waals surface area contributed by atoms with E-state index in [0.717, 1.165) is 92.1 Å². The molecule has 2 heterocycles. The van der Waals surface area contributed by atoms with E-state index in [0.29, 0.717) is 0 Å². The van der Waals surface area contributed by atoms with Gasteiger partial charge in [0.25, 0.3) is 0 Å². The van der Waals surface area contributed by atoms with Crippen LogP contribution < -0.4 is 4.90 Å². The summed E-state index contributed by atoms with van der Waals surface area (Å²) in [4.78, 5) is 2.36. The van der Waals surface area contributed by atoms with Crippen LogP contribution in [0.5, 0.6) is 0 Å². The molecule has 2 aromatic heterocycles. The Balaban J connectivity index is 0.000000830. The highest BCUT2D eigenvalue weighted by molar-refractivity contribution is 6.00. The van der Waals surface area contributed by atoms with Crippen molar-refractivity contribution in [1.82, 2.24) is 4.57 Å². The van der Waals surface area contributed by atoms with Crippen LogP contribution in [0.2, 0.25) is 0 Å². The first-order chi connectivity index (χ1) is 35.5. The van der Waals surface area contributed by atoms with E-state index >= 15 is 0 Å². The van der Waals surface area contributed by atoms with Crippen LogP contribution in [-0.4, -0.2) is 4.57 Å². The van der Waals surface area contributed by atoms with Crippen molar-refractivity contribution in [3.63, 3.8) is 0 Å². The average molecular weight is 955 g/mol. The smallest absolute Gasteiger partial charge is 0.134 e. The first-order valence-corrected chi connectivity index (χ1v) is 25.9. The third kappa shape index (κ3) is 11.8. The number of anilines is 3. The molecule has 0 atom stereocenters. The molecule has 0 saturated heterocycles. The molecule has 73 heavy (non-hydrogen) atoms. The maximum Gasteiger partial charge on any atom is 0.134 e. The molecule has 366 valence electrons. The van der Waals surface area contributed by atoms with E-state index in [1.807, 2.05) is 25.2 Å². The van der Waals surface area contributed by atoms with Crippen LogP contribution in [0, 0.1) is 18.8 Å². The van der Waals surface area contributed by atoms with Crippen molar-refractivity contribution < 1.29 is 4.42 Å². The van der Waals surface area contributed by atoms with E-state index in [1.165, 1.54) is 44.0 Å². The van der Waals surface area contributed by atoms with Gasteiger partial charge >= 0.3 is 0 Å². The quantitative estimate of drug-likeness (QED) is 0.107. The van der Waals surface area contributed by atoms with Gasteiger partial charge in [-0.3, -0.25) is 0 Å². The molecule has 0 saturated carbocycles. The van der Waals surface area contributed by atoms with Gasteiger partial charge in [0.05, 0.1) is 11.2 Å². The molecular weight excluding hydrogens is 885 g/mol. The van der Waals surface area contributed by atoms with E-state index in [2.05, 4.69) is 271 Å². The fourth-order valence-corrected chi connectivity index (χ4v) is 9.49. The Hall–Kier alpha value is -8.14. The largest absolute Gasteiger partial charge is 0.461 e. The van der Waals surface area contributed by atoms with Gasteiger partial charge in [0, 0.05) is 44.6 Å². The molecule has 8 aromatic carbocycles. The van der Waals surface area contributed by atoms with Gasteiger partial charge in [-0.2, -0.15) is 0 Å². The summed E-state index contributed by atoms with van der Waals surface area (Å²) in [6.07, 6.45) is 14.0. The summed E-state index contributed by atoms with van der Waals surface area (Å²) in [5.74, 6) is 2.57. The number of para-hydroxylation sites is 2. The van der Waals surface area contributed by atoms with Gasteiger partial charge in [-0.05, 0) is 162 Å². The minimum Gasteiger partial charge on any atom is -0.461 e. The number of aromatic nitrogens is 1. The van der Waals surface area contributed by atoms with E-state index in [9.17, 15) is 0 Å². The second-order valence-corrected chi connectivity index (χ2v) is 19.9. The van der Waals surface area contributed by atoms with E-state index in [1.54, 1.807) is 0 Å². The van der Waals surface area contributed by atoms with Crippen LogP contribution in [-0.2, 0) is 12.8 Å². The summed E-state index contributed by atoms with van der Waals surface area (Å²) in [6, 6.07) is 65.9. The van der Waals surface area contributed by atoms with Crippen LogP contribution in [0.15, 0.2) is 218 Å². The van der Waals surface area contributed by atoms with Gasteiger partial charge in [-0.1, -0.05) is 194 Å². The van der Waals surface area contributed by atoms with Crippen LogP contribution in [0.4, 0.5) is 17.1 Å². The monoisotopic (exact) mass is 955 g/mol. The number of nitrogens with zero attached hydrogens (tertiary/aromatic N) is 2. The molecule has 0 unspecified atom stereocenters. The van der Waals surface area contributed by atoms with Gasteiger partial charge in [0.15, 0.2) is 0 Å². The van der Waals surface area contributed by atoms with Crippen molar-refractivity contribution in [2.24, 2.45) is 11.8 Å². The number of furan rings is 1. The number of allylic oxidation sites excluding steroid dienone is 3. The third-order valence-corrected chi connectivity index (χ3v) is 12.6. The minimum atomic E-state index is 0.833. The fraction of sp³-hybridized carbons (Fsp3) is 0.171. The van der Waals surface area contributed by atoms with Gasteiger partial charge in [0.1, 0.15) is 11.3 Å². The van der Waals surface area contributed by atoms with E-state index in [-0.39, 0.29) is 0 Å².